The van der Waals surface area contributed by atoms with Crippen LogP contribution in [0.15, 0.2) is 24.3 Å². The van der Waals surface area contributed by atoms with Gasteiger partial charge in [0.15, 0.2) is 0 Å². The molecule has 0 unspecified atom stereocenters. The van der Waals surface area contributed by atoms with Crippen molar-refractivity contribution in [3.63, 3.8) is 0 Å². The topological polar surface area (TPSA) is 82.3 Å². The molecule has 0 saturated heterocycles. The molecule has 0 heterocycles. The zero-order valence-corrected chi connectivity index (χ0v) is 14.4. The number of benzene rings is 1. The molecule has 5 heteroatoms. The SMILES string of the molecule is CC(C)Oc1ccc([C@@H](O)CNC(=O)C2(C#N)CCCCC2)cc1. The third-order valence-electron chi connectivity index (χ3n) is 4.45. The maximum atomic E-state index is 12.4. The zero-order valence-electron chi connectivity index (χ0n) is 14.4. The summed E-state index contributed by atoms with van der Waals surface area (Å²) in [5.74, 6) is 0.485. The number of amides is 1. The molecule has 130 valence electrons. The van der Waals surface area contributed by atoms with Crippen molar-refractivity contribution in [1.29, 1.82) is 5.26 Å². The number of carbonyl (C=O) groups excluding carboxylic acids is 1. The summed E-state index contributed by atoms with van der Waals surface area (Å²) in [7, 11) is 0. The fraction of sp³-hybridized carbons (Fsp3) is 0.579. The van der Waals surface area contributed by atoms with Crippen LogP contribution in [0.4, 0.5) is 0 Å². The first-order valence-electron chi connectivity index (χ1n) is 8.61. The summed E-state index contributed by atoms with van der Waals surface area (Å²) in [5.41, 5.74) is -0.214. The maximum Gasteiger partial charge on any atom is 0.240 e. The Balaban J connectivity index is 1.91. The van der Waals surface area contributed by atoms with Crippen molar-refractivity contribution in [2.24, 2.45) is 5.41 Å². The second-order valence-corrected chi connectivity index (χ2v) is 6.72. The molecule has 0 radical (unpaired) electrons. The molecule has 1 aliphatic carbocycles. The van der Waals surface area contributed by atoms with E-state index in [-0.39, 0.29) is 18.6 Å². The standard InChI is InChI=1S/C19H26N2O3/c1-14(2)24-16-8-6-15(7-9-16)17(22)12-21-18(23)19(13-20)10-4-3-5-11-19/h6-9,14,17,22H,3-5,10-12H2,1-2H3,(H,21,23)/t17-/m0/s1. The number of nitriles is 1. The van der Waals surface area contributed by atoms with Gasteiger partial charge in [0.25, 0.3) is 0 Å². The van der Waals surface area contributed by atoms with Gasteiger partial charge in [0.05, 0.1) is 18.3 Å². The first-order valence-corrected chi connectivity index (χ1v) is 8.61. The Morgan fingerprint density at radius 2 is 1.92 bits per heavy atom. The van der Waals surface area contributed by atoms with Crippen LogP contribution in [0.2, 0.25) is 0 Å². The largest absolute Gasteiger partial charge is 0.491 e. The lowest BCUT2D eigenvalue weighted by molar-refractivity contribution is -0.130. The molecular formula is C19H26N2O3. The van der Waals surface area contributed by atoms with Crippen LogP contribution in [0.25, 0.3) is 0 Å². The molecule has 2 rings (SSSR count). The van der Waals surface area contributed by atoms with Gasteiger partial charge in [0.1, 0.15) is 11.2 Å². The Bertz CT molecular complexity index is 584. The summed E-state index contributed by atoms with van der Waals surface area (Å²) in [6.07, 6.45) is 3.38. The maximum absolute atomic E-state index is 12.4. The number of nitrogens with zero attached hydrogens (tertiary/aromatic N) is 1. The molecule has 0 spiro atoms. The van der Waals surface area contributed by atoms with E-state index in [1.165, 1.54) is 0 Å². The highest BCUT2D eigenvalue weighted by atomic mass is 16.5. The Morgan fingerprint density at radius 1 is 1.29 bits per heavy atom. The van der Waals surface area contributed by atoms with E-state index in [1.807, 2.05) is 13.8 Å². The fourth-order valence-electron chi connectivity index (χ4n) is 3.06. The summed E-state index contributed by atoms with van der Waals surface area (Å²) in [4.78, 5) is 12.4. The third kappa shape index (κ3) is 4.48. The molecule has 1 saturated carbocycles. The van der Waals surface area contributed by atoms with Crippen LogP contribution in [-0.4, -0.2) is 23.7 Å². The Kier molecular flexibility index (Phi) is 6.22. The highest BCUT2D eigenvalue weighted by Crippen LogP contribution is 2.35. The average molecular weight is 330 g/mol. The summed E-state index contributed by atoms with van der Waals surface area (Å²) < 4.78 is 5.57. The van der Waals surface area contributed by atoms with Gasteiger partial charge in [-0.15, -0.1) is 0 Å². The number of carbonyl (C=O) groups is 1. The van der Waals surface area contributed by atoms with Crippen LogP contribution >= 0.6 is 0 Å². The van der Waals surface area contributed by atoms with Gasteiger partial charge in [-0.1, -0.05) is 31.4 Å². The van der Waals surface area contributed by atoms with Crippen molar-refractivity contribution < 1.29 is 14.6 Å². The number of aliphatic hydroxyl groups excluding tert-OH is 1. The van der Waals surface area contributed by atoms with Gasteiger partial charge >= 0.3 is 0 Å². The van der Waals surface area contributed by atoms with E-state index in [0.717, 1.165) is 25.0 Å². The molecule has 24 heavy (non-hydrogen) atoms. The predicted octanol–water partition coefficient (Wildman–Crippen LogP) is 3.10. The zero-order chi connectivity index (χ0) is 17.6. The molecule has 1 fully saturated rings. The van der Waals surface area contributed by atoms with Crippen molar-refractivity contribution in [1.82, 2.24) is 5.32 Å². The molecule has 5 nitrogen and oxygen atoms in total. The third-order valence-corrected chi connectivity index (χ3v) is 4.45. The highest BCUT2D eigenvalue weighted by Gasteiger charge is 2.39. The highest BCUT2D eigenvalue weighted by molar-refractivity contribution is 5.85. The minimum Gasteiger partial charge on any atom is -0.491 e. The van der Waals surface area contributed by atoms with Crippen molar-refractivity contribution in [3.8, 4) is 11.8 Å². The van der Waals surface area contributed by atoms with E-state index in [1.54, 1.807) is 24.3 Å². The van der Waals surface area contributed by atoms with Gasteiger partial charge in [-0.05, 0) is 44.4 Å². The summed E-state index contributed by atoms with van der Waals surface area (Å²) in [5, 5.41) is 22.4. The van der Waals surface area contributed by atoms with Gasteiger partial charge in [-0.3, -0.25) is 4.79 Å². The van der Waals surface area contributed by atoms with E-state index in [9.17, 15) is 15.2 Å². The lowest BCUT2D eigenvalue weighted by Gasteiger charge is -2.29. The van der Waals surface area contributed by atoms with Crippen molar-refractivity contribution >= 4 is 5.91 Å². The average Bonchev–Trinajstić information content (AvgIpc) is 2.60. The predicted molar refractivity (Wildman–Crippen MR) is 91.3 cm³/mol. The number of hydrogen-bond donors (Lipinski definition) is 2. The number of aliphatic hydroxyl groups is 1. The quantitative estimate of drug-likeness (QED) is 0.839. The lowest BCUT2D eigenvalue weighted by Crippen LogP contribution is -2.42. The number of rotatable bonds is 6. The van der Waals surface area contributed by atoms with Crippen molar-refractivity contribution in [2.75, 3.05) is 6.54 Å². The normalized spacial score (nSPS) is 17.8. The Hall–Kier alpha value is -2.06. The lowest BCUT2D eigenvalue weighted by atomic mass is 9.74. The van der Waals surface area contributed by atoms with Crippen molar-refractivity contribution in [3.05, 3.63) is 29.8 Å². The van der Waals surface area contributed by atoms with E-state index < -0.39 is 11.5 Å². The second-order valence-electron chi connectivity index (χ2n) is 6.72. The van der Waals surface area contributed by atoms with E-state index in [0.29, 0.717) is 18.4 Å². The van der Waals surface area contributed by atoms with Gasteiger partial charge in [-0.25, -0.2) is 0 Å². The second kappa shape index (κ2) is 8.16. The molecule has 1 aliphatic rings. The summed E-state index contributed by atoms with van der Waals surface area (Å²) >= 11 is 0. The Morgan fingerprint density at radius 3 is 2.46 bits per heavy atom. The van der Waals surface area contributed by atoms with Crippen LogP contribution in [0.3, 0.4) is 0 Å². The minimum atomic E-state index is -0.924. The molecule has 0 aromatic heterocycles. The molecule has 0 bridgehead atoms. The summed E-state index contributed by atoms with van der Waals surface area (Å²) in [6, 6.07) is 9.38. The molecule has 2 N–H and O–H groups in total. The van der Waals surface area contributed by atoms with Gasteiger partial charge in [0.2, 0.25) is 5.91 Å². The fourth-order valence-corrected chi connectivity index (χ4v) is 3.06. The first-order chi connectivity index (χ1) is 11.5. The molecule has 0 aliphatic heterocycles. The smallest absolute Gasteiger partial charge is 0.240 e. The van der Waals surface area contributed by atoms with Gasteiger partial charge in [0, 0.05) is 6.54 Å². The van der Waals surface area contributed by atoms with Gasteiger partial charge in [-0.2, -0.15) is 5.26 Å². The molecule has 1 aromatic rings. The Labute approximate surface area is 143 Å². The first kappa shape index (κ1) is 18.3. The van der Waals surface area contributed by atoms with Gasteiger partial charge < -0.3 is 15.2 Å². The number of nitrogens with one attached hydrogen (secondary N) is 1. The molecule has 1 amide bonds. The monoisotopic (exact) mass is 330 g/mol. The number of ether oxygens (including phenoxy) is 1. The van der Waals surface area contributed by atoms with Crippen LogP contribution < -0.4 is 10.1 Å². The van der Waals surface area contributed by atoms with Crippen LogP contribution in [0.1, 0.15) is 57.6 Å². The van der Waals surface area contributed by atoms with E-state index in [2.05, 4.69) is 11.4 Å². The molecular weight excluding hydrogens is 304 g/mol. The van der Waals surface area contributed by atoms with Crippen LogP contribution in [0.5, 0.6) is 5.75 Å². The molecule has 1 aromatic carbocycles. The molecule has 1 atom stereocenters. The van der Waals surface area contributed by atoms with Crippen molar-refractivity contribution in [2.45, 2.75) is 58.2 Å². The van der Waals surface area contributed by atoms with E-state index >= 15 is 0 Å². The van der Waals surface area contributed by atoms with Crippen LogP contribution in [-0.2, 0) is 4.79 Å². The van der Waals surface area contributed by atoms with Crippen LogP contribution in [0, 0.1) is 16.7 Å². The number of hydrogen-bond acceptors (Lipinski definition) is 4. The summed E-state index contributed by atoms with van der Waals surface area (Å²) in [6.45, 7) is 4.01. The minimum absolute atomic E-state index is 0.0951. The van der Waals surface area contributed by atoms with E-state index in [4.69, 9.17) is 4.74 Å².